The fraction of sp³-hybridized carbons (Fsp3) is 0.154. The van der Waals surface area contributed by atoms with E-state index in [2.05, 4.69) is 27.3 Å². The highest BCUT2D eigenvalue weighted by atomic mass is 79.9. The summed E-state index contributed by atoms with van der Waals surface area (Å²) in [5, 5.41) is 12.3. The summed E-state index contributed by atoms with van der Waals surface area (Å²) in [5.74, 6) is 0. The molecule has 1 aromatic carbocycles. The van der Waals surface area contributed by atoms with Crippen LogP contribution < -0.4 is 5.32 Å². The van der Waals surface area contributed by atoms with Gasteiger partial charge in [0.25, 0.3) is 0 Å². The maximum absolute atomic E-state index is 9.03. The van der Waals surface area contributed by atoms with Gasteiger partial charge in [-0.1, -0.05) is 15.9 Å². The summed E-state index contributed by atoms with van der Waals surface area (Å²) in [6.45, 7) is 2.02. The molecular formula is C13H11BrN2O. The van der Waals surface area contributed by atoms with Crippen LogP contribution in [0.1, 0.15) is 24.1 Å². The molecule has 0 saturated heterocycles. The van der Waals surface area contributed by atoms with Gasteiger partial charge in [0.2, 0.25) is 0 Å². The number of anilines is 1. The van der Waals surface area contributed by atoms with Crippen LogP contribution in [0.2, 0.25) is 0 Å². The molecule has 0 aliphatic rings. The molecule has 0 aliphatic carbocycles. The van der Waals surface area contributed by atoms with Crippen LogP contribution in [0.15, 0.2) is 45.7 Å². The number of nitrogens with zero attached hydrogens (tertiary/aromatic N) is 1. The Morgan fingerprint density at radius 3 is 2.88 bits per heavy atom. The lowest BCUT2D eigenvalue weighted by Gasteiger charge is -2.14. The summed E-state index contributed by atoms with van der Waals surface area (Å²) >= 11 is 3.40. The highest BCUT2D eigenvalue weighted by molar-refractivity contribution is 9.10. The van der Waals surface area contributed by atoms with Crippen molar-refractivity contribution in [2.75, 3.05) is 5.32 Å². The summed E-state index contributed by atoms with van der Waals surface area (Å²) in [6, 6.07) is 9.70. The number of nitrogens with one attached hydrogen (secondary N) is 1. The molecule has 0 saturated carbocycles. The molecule has 0 fully saturated rings. The van der Waals surface area contributed by atoms with Gasteiger partial charge in [-0.2, -0.15) is 5.26 Å². The number of halogens is 1. The molecule has 17 heavy (non-hydrogen) atoms. The third-order valence-electron chi connectivity index (χ3n) is 2.52. The second-order valence-electron chi connectivity index (χ2n) is 3.72. The molecule has 1 atom stereocenters. The van der Waals surface area contributed by atoms with Crippen LogP contribution in [0.25, 0.3) is 0 Å². The zero-order valence-corrected chi connectivity index (χ0v) is 10.9. The van der Waals surface area contributed by atoms with Crippen molar-refractivity contribution in [1.82, 2.24) is 0 Å². The zero-order valence-electron chi connectivity index (χ0n) is 9.27. The highest BCUT2D eigenvalue weighted by Gasteiger charge is 2.09. The van der Waals surface area contributed by atoms with Crippen LogP contribution in [-0.4, -0.2) is 0 Å². The average Bonchev–Trinajstić information content (AvgIpc) is 2.83. The van der Waals surface area contributed by atoms with E-state index in [9.17, 15) is 0 Å². The lowest BCUT2D eigenvalue weighted by molar-refractivity contribution is 0.562. The molecule has 0 bridgehead atoms. The SMILES string of the molecule is CC(Nc1cc(Br)ccc1C#N)c1ccoc1. The van der Waals surface area contributed by atoms with Crippen LogP contribution in [0, 0.1) is 11.3 Å². The van der Waals surface area contributed by atoms with Gasteiger partial charge in [-0.15, -0.1) is 0 Å². The van der Waals surface area contributed by atoms with Crippen molar-refractivity contribution < 1.29 is 4.42 Å². The fourth-order valence-corrected chi connectivity index (χ4v) is 1.93. The minimum absolute atomic E-state index is 0.0927. The van der Waals surface area contributed by atoms with Gasteiger partial charge >= 0.3 is 0 Å². The van der Waals surface area contributed by atoms with Gasteiger partial charge in [0, 0.05) is 10.0 Å². The van der Waals surface area contributed by atoms with Gasteiger partial charge in [-0.3, -0.25) is 0 Å². The highest BCUT2D eigenvalue weighted by Crippen LogP contribution is 2.25. The number of benzene rings is 1. The van der Waals surface area contributed by atoms with Crippen LogP contribution in [0.3, 0.4) is 0 Å². The topological polar surface area (TPSA) is 49.0 Å². The normalized spacial score (nSPS) is 11.8. The van der Waals surface area contributed by atoms with Crippen molar-refractivity contribution in [3.05, 3.63) is 52.4 Å². The van der Waals surface area contributed by atoms with Crippen LogP contribution in [0.5, 0.6) is 0 Å². The van der Waals surface area contributed by atoms with Gasteiger partial charge in [0.1, 0.15) is 6.07 Å². The third kappa shape index (κ3) is 2.69. The zero-order chi connectivity index (χ0) is 12.3. The summed E-state index contributed by atoms with van der Waals surface area (Å²) in [4.78, 5) is 0. The van der Waals surface area contributed by atoms with Crippen molar-refractivity contribution in [2.45, 2.75) is 13.0 Å². The molecule has 1 unspecified atom stereocenters. The molecule has 86 valence electrons. The van der Waals surface area contributed by atoms with Crippen LogP contribution in [-0.2, 0) is 0 Å². The van der Waals surface area contributed by atoms with Gasteiger partial charge in [0.05, 0.1) is 29.8 Å². The molecule has 1 heterocycles. The first kappa shape index (κ1) is 11.7. The minimum Gasteiger partial charge on any atom is -0.472 e. The quantitative estimate of drug-likeness (QED) is 0.926. The lowest BCUT2D eigenvalue weighted by atomic mass is 10.1. The van der Waals surface area contributed by atoms with Gasteiger partial charge in [-0.05, 0) is 31.2 Å². The van der Waals surface area contributed by atoms with E-state index in [0.29, 0.717) is 5.56 Å². The molecule has 2 aromatic rings. The fourth-order valence-electron chi connectivity index (χ4n) is 1.57. The number of rotatable bonds is 3. The summed E-state index contributed by atoms with van der Waals surface area (Å²) in [5.41, 5.74) is 2.49. The molecule has 0 amide bonds. The molecule has 1 aromatic heterocycles. The predicted octanol–water partition coefficient (Wildman–Crippen LogP) is 4.09. The molecule has 1 N–H and O–H groups in total. The Balaban J connectivity index is 2.24. The molecule has 4 heteroatoms. The average molecular weight is 291 g/mol. The Bertz CT molecular complexity index is 543. The maximum Gasteiger partial charge on any atom is 0.101 e. The maximum atomic E-state index is 9.03. The second-order valence-corrected chi connectivity index (χ2v) is 4.64. The molecule has 2 rings (SSSR count). The predicted molar refractivity (Wildman–Crippen MR) is 69.6 cm³/mol. The first-order valence-corrected chi connectivity index (χ1v) is 5.98. The van der Waals surface area contributed by atoms with E-state index in [0.717, 1.165) is 15.7 Å². The van der Waals surface area contributed by atoms with E-state index in [4.69, 9.17) is 9.68 Å². The largest absolute Gasteiger partial charge is 0.472 e. The van der Waals surface area contributed by atoms with Crippen LogP contribution in [0.4, 0.5) is 5.69 Å². The van der Waals surface area contributed by atoms with E-state index in [1.165, 1.54) is 0 Å². The molecule has 0 radical (unpaired) electrons. The summed E-state index contributed by atoms with van der Waals surface area (Å²) in [6.07, 6.45) is 3.33. The molecule has 0 spiro atoms. The van der Waals surface area contributed by atoms with Gasteiger partial charge in [0.15, 0.2) is 0 Å². The first-order valence-electron chi connectivity index (χ1n) is 5.19. The van der Waals surface area contributed by atoms with Crippen molar-refractivity contribution >= 4 is 21.6 Å². The van der Waals surface area contributed by atoms with E-state index >= 15 is 0 Å². The Morgan fingerprint density at radius 2 is 2.24 bits per heavy atom. The van der Waals surface area contributed by atoms with Crippen LogP contribution >= 0.6 is 15.9 Å². The van der Waals surface area contributed by atoms with Gasteiger partial charge in [-0.25, -0.2) is 0 Å². The van der Waals surface area contributed by atoms with Crippen molar-refractivity contribution in [3.8, 4) is 6.07 Å². The van der Waals surface area contributed by atoms with Crippen molar-refractivity contribution in [2.24, 2.45) is 0 Å². The van der Waals surface area contributed by atoms with E-state index in [1.807, 2.05) is 25.1 Å². The minimum atomic E-state index is 0.0927. The van der Waals surface area contributed by atoms with E-state index < -0.39 is 0 Å². The molecular weight excluding hydrogens is 280 g/mol. The number of hydrogen-bond donors (Lipinski definition) is 1. The summed E-state index contributed by atoms with van der Waals surface area (Å²) in [7, 11) is 0. The van der Waals surface area contributed by atoms with Crippen molar-refractivity contribution in [3.63, 3.8) is 0 Å². The number of nitriles is 1. The Labute approximate surface area is 108 Å². The lowest BCUT2D eigenvalue weighted by Crippen LogP contribution is -2.06. The Morgan fingerprint density at radius 1 is 1.41 bits per heavy atom. The molecule has 0 aliphatic heterocycles. The standard InChI is InChI=1S/C13H11BrN2O/c1-9(11-4-5-17-8-11)16-13-6-12(14)3-2-10(13)7-15/h2-6,8-9,16H,1H3. The second kappa shape index (κ2) is 5.07. The third-order valence-corrected chi connectivity index (χ3v) is 3.01. The Hall–Kier alpha value is -1.73. The molecule has 3 nitrogen and oxygen atoms in total. The Kier molecular flexibility index (Phi) is 3.50. The smallest absolute Gasteiger partial charge is 0.101 e. The monoisotopic (exact) mass is 290 g/mol. The van der Waals surface area contributed by atoms with Crippen molar-refractivity contribution in [1.29, 1.82) is 5.26 Å². The first-order chi connectivity index (χ1) is 8.20. The number of furan rings is 1. The van der Waals surface area contributed by atoms with Gasteiger partial charge < -0.3 is 9.73 Å². The van der Waals surface area contributed by atoms with E-state index in [-0.39, 0.29) is 6.04 Å². The summed E-state index contributed by atoms with van der Waals surface area (Å²) < 4.78 is 5.98. The van der Waals surface area contributed by atoms with E-state index in [1.54, 1.807) is 18.6 Å². The number of hydrogen-bond acceptors (Lipinski definition) is 3.